The maximum Gasteiger partial charge on any atom is 0.224 e. The predicted octanol–water partition coefficient (Wildman–Crippen LogP) is 3.33. The Morgan fingerprint density at radius 3 is 2.39 bits per heavy atom. The minimum Gasteiger partial charge on any atom is -0.399 e. The molecule has 1 amide bonds. The van der Waals surface area contributed by atoms with Gasteiger partial charge >= 0.3 is 0 Å². The van der Waals surface area contributed by atoms with Crippen LogP contribution < -0.4 is 11.1 Å². The Bertz CT molecular complexity index is 500. The minimum atomic E-state index is 0. The van der Waals surface area contributed by atoms with Crippen LogP contribution in [0.3, 0.4) is 0 Å². The topological polar surface area (TPSA) is 64.3 Å². The number of carbonyl (C=O) groups is 1. The molecule has 1 aliphatic carbocycles. The Labute approximate surface area is 145 Å². The summed E-state index contributed by atoms with van der Waals surface area (Å²) in [5.41, 5.74) is 7.47. The van der Waals surface area contributed by atoms with Gasteiger partial charge in [0.25, 0.3) is 0 Å². The Kier molecular flexibility index (Phi) is 7.36. The van der Waals surface area contributed by atoms with Crippen LogP contribution in [0.15, 0.2) is 24.3 Å². The van der Waals surface area contributed by atoms with E-state index < -0.39 is 0 Å². The van der Waals surface area contributed by atoms with Crippen LogP contribution in [0, 0.1) is 5.41 Å². The van der Waals surface area contributed by atoms with E-state index in [0.29, 0.717) is 6.42 Å². The third-order valence-corrected chi connectivity index (χ3v) is 5.15. The first kappa shape index (κ1) is 19.8. The highest BCUT2D eigenvalue weighted by atomic mass is 35.5. The highest BCUT2D eigenvalue weighted by molar-refractivity contribution is 5.85. The molecule has 0 spiro atoms. The number of hydrogen-bond acceptors (Lipinski definition) is 3. The van der Waals surface area contributed by atoms with Gasteiger partial charge in [-0.2, -0.15) is 0 Å². The Morgan fingerprint density at radius 1 is 1.26 bits per heavy atom. The van der Waals surface area contributed by atoms with Crippen molar-refractivity contribution >= 4 is 24.0 Å². The number of rotatable bonds is 7. The van der Waals surface area contributed by atoms with Gasteiger partial charge < -0.3 is 15.8 Å². The molecule has 0 saturated heterocycles. The maximum absolute atomic E-state index is 12.3. The lowest BCUT2D eigenvalue weighted by atomic mass is 9.58. The molecule has 2 rings (SSSR count). The summed E-state index contributed by atoms with van der Waals surface area (Å²) in [5.74, 6) is 0.0796. The number of amides is 1. The average Bonchev–Trinajstić information content (AvgIpc) is 2.50. The zero-order valence-electron chi connectivity index (χ0n) is 14.3. The van der Waals surface area contributed by atoms with Gasteiger partial charge in [0.2, 0.25) is 5.91 Å². The molecule has 130 valence electrons. The summed E-state index contributed by atoms with van der Waals surface area (Å²) in [6, 6.07) is 7.70. The normalized spacial score (nSPS) is 21.9. The fourth-order valence-corrected chi connectivity index (χ4v) is 3.65. The lowest BCUT2D eigenvalue weighted by Crippen LogP contribution is -2.64. The number of nitrogens with two attached hydrogens (primary N) is 1. The van der Waals surface area contributed by atoms with Crippen molar-refractivity contribution in [2.45, 2.75) is 58.6 Å². The molecule has 1 aromatic carbocycles. The number of anilines is 1. The summed E-state index contributed by atoms with van der Waals surface area (Å²) in [6.45, 7) is 7.14. The SMILES string of the molecule is CCOC1CC(NC(=O)Cc2ccc(N)cc2)C1(CC)CC.Cl. The van der Waals surface area contributed by atoms with E-state index in [1.807, 2.05) is 31.2 Å². The lowest BCUT2D eigenvalue weighted by molar-refractivity contribution is -0.148. The molecule has 1 saturated carbocycles. The summed E-state index contributed by atoms with van der Waals surface area (Å²) < 4.78 is 5.85. The third-order valence-electron chi connectivity index (χ3n) is 5.15. The van der Waals surface area contributed by atoms with Crippen molar-refractivity contribution in [1.82, 2.24) is 5.32 Å². The van der Waals surface area contributed by atoms with Gasteiger partial charge in [0.05, 0.1) is 12.5 Å². The molecule has 0 aliphatic heterocycles. The zero-order valence-corrected chi connectivity index (χ0v) is 15.1. The second-order valence-corrected chi connectivity index (χ2v) is 6.16. The van der Waals surface area contributed by atoms with E-state index in [9.17, 15) is 4.79 Å². The quantitative estimate of drug-likeness (QED) is 0.748. The van der Waals surface area contributed by atoms with Crippen molar-refractivity contribution in [3.8, 4) is 0 Å². The number of halogens is 1. The summed E-state index contributed by atoms with van der Waals surface area (Å²) in [5, 5.41) is 3.21. The number of ether oxygens (including phenoxy) is 1. The molecule has 0 aromatic heterocycles. The molecule has 2 unspecified atom stereocenters. The van der Waals surface area contributed by atoms with Crippen LogP contribution in [-0.2, 0) is 16.0 Å². The molecule has 4 nitrogen and oxygen atoms in total. The molecule has 0 radical (unpaired) electrons. The van der Waals surface area contributed by atoms with Crippen LogP contribution >= 0.6 is 12.4 Å². The van der Waals surface area contributed by atoms with Crippen LogP contribution in [0.1, 0.15) is 45.6 Å². The van der Waals surface area contributed by atoms with E-state index in [1.54, 1.807) is 0 Å². The highest BCUT2D eigenvalue weighted by Crippen LogP contribution is 2.48. The van der Waals surface area contributed by atoms with Crippen LogP contribution in [0.5, 0.6) is 0 Å². The largest absolute Gasteiger partial charge is 0.399 e. The van der Waals surface area contributed by atoms with Gasteiger partial charge in [-0.1, -0.05) is 26.0 Å². The third kappa shape index (κ3) is 4.18. The van der Waals surface area contributed by atoms with E-state index in [2.05, 4.69) is 19.2 Å². The number of nitrogens with one attached hydrogen (secondary N) is 1. The number of benzene rings is 1. The Hall–Kier alpha value is -1.26. The van der Waals surface area contributed by atoms with Gasteiger partial charge in [-0.25, -0.2) is 0 Å². The van der Waals surface area contributed by atoms with E-state index in [-0.39, 0.29) is 35.9 Å². The number of carbonyl (C=O) groups excluding carboxylic acids is 1. The monoisotopic (exact) mass is 340 g/mol. The van der Waals surface area contributed by atoms with E-state index in [0.717, 1.165) is 37.1 Å². The molecule has 23 heavy (non-hydrogen) atoms. The van der Waals surface area contributed by atoms with Crippen LogP contribution in [0.25, 0.3) is 0 Å². The van der Waals surface area contributed by atoms with E-state index in [1.165, 1.54) is 0 Å². The second-order valence-electron chi connectivity index (χ2n) is 6.16. The zero-order chi connectivity index (χ0) is 16.2. The number of hydrogen-bond donors (Lipinski definition) is 2. The lowest BCUT2D eigenvalue weighted by Gasteiger charge is -2.55. The summed E-state index contributed by atoms with van der Waals surface area (Å²) >= 11 is 0. The molecular weight excluding hydrogens is 312 g/mol. The van der Waals surface area contributed by atoms with E-state index in [4.69, 9.17) is 10.5 Å². The van der Waals surface area contributed by atoms with Gasteiger partial charge in [-0.3, -0.25) is 4.79 Å². The first-order chi connectivity index (χ1) is 10.6. The summed E-state index contributed by atoms with van der Waals surface area (Å²) in [7, 11) is 0. The first-order valence-electron chi connectivity index (χ1n) is 8.31. The van der Waals surface area contributed by atoms with Gasteiger partial charge in [0.1, 0.15) is 0 Å². The van der Waals surface area contributed by atoms with Crippen LogP contribution in [0.2, 0.25) is 0 Å². The Morgan fingerprint density at radius 2 is 1.87 bits per heavy atom. The minimum absolute atomic E-state index is 0. The molecule has 1 fully saturated rings. The molecule has 2 atom stereocenters. The fourth-order valence-electron chi connectivity index (χ4n) is 3.65. The van der Waals surface area contributed by atoms with Crippen molar-refractivity contribution in [3.63, 3.8) is 0 Å². The van der Waals surface area contributed by atoms with Gasteiger partial charge in [0, 0.05) is 23.8 Å². The summed E-state index contributed by atoms with van der Waals surface area (Å²) in [4.78, 5) is 12.3. The predicted molar refractivity (Wildman–Crippen MR) is 96.8 cm³/mol. The molecule has 1 aromatic rings. The molecule has 0 bridgehead atoms. The molecular formula is C18H29ClN2O2. The Balaban J connectivity index is 0.00000264. The highest BCUT2D eigenvalue weighted by Gasteiger charge is 2.53. The van der Waals surface area contributed by atoms with Crippen molar-refractivity contribution in [1.29, 1.82) is 0 Å². The van der Waals surface area contributed by atoms with Gasteiger partial charge in [0.15, 0.2) is 0 Å². The standard InChI is InChI=1S/C18H28N2O2.ClH/c1-4-18(5-2)15(12-16(18)22-6-3)20-17(21)11-13-7-9-14(19)10-8-13;/h7-10,15-16H,4-6,11-12,19H2,1-3H3,(H,20,21);1H. The first-order valence-corrected chi connectivity index (χ1v) is 8.31. The van der Waals surface area contributed by atoms with Gasteiger partial charge in [-0.05, 0) is 43.9 Å². The molecule has 0 heterocycles. The van der Waals surface area contributed by atoms with Crippen molar-refractivity contribution in [2.24, 2.45) is 5.41 Å². The molecule has 5 heteroatoms. The van der Waals surface area contributed by atoms with Crippen molar-refractivity contribution < 1.29 is 9.53 Å². The summed E-state index contributed by atoms with van der Waals surface area (Å²) in [6.07, 6.45) is 3.65. The molecule has 3 N–H and O–H groups in total. The van der Waals surface area contributed by atoms with Crippen LogP contribution in [0.4, 0.5) is 5.69 Å². The van der Waals surface area contributed by atoms with Crippen molar-refractivity contribution in [2.75, 3.05) is 12.3 Å². The fraction of sp³-hybridized carbons (Fsp3) is 0.611. The average molecular weight is 341 g/mol. The van der Waals surface area contributed by atoms with E-state index >= 15 is 0 Å². The smallest absolute Gasteiger partial charge is 0.224 e. The van der Waals surface area contributed by atoms with Gasteiger partial charge in [-0.15, -0.1) is 12.4 Å². The maximum atomic E-state index is 12.3. The van der Waals surface area contributed by atoms with Crippen LogP contribution in [-0.4, -0.2) is 24.7 Å². The number of nitrogen functional groups attached to an aromatic ring is 1. The second kappa shape index (κ2) is 8.55. The molecule has 1 aliphatic rings. The van der Waals surface area contributed by atoms with Crippen molar-refractivity contribution in [3.05, 3.63) is 29.8 Å².